The van der Waals surface area contributed by atoms with Gasteiger partial charge >= 0.3 is 11.9 Å². The molecule has 0 bridgehead atoms. The Morgan fingerprint density at radius 1 is 0.523 bits per heavy atom. The van der Waals surface area contributed by atoms with Crippen LogP contribution in [0.25, 0.3) is 0 Å². The molecule has 0 N–H and O–H groups in total. The molecule has 0 aliphatic carbocycles. The van der Waals surface area contributed by atoms with Crippen molar-refractivity contribution in [3.63, 3.8) is 0 Å². The summed E-state index contributed by atoms with van der Waals surface area (Å²) >= 11 is 0. The molecule has 2 aromatic carbocycles. The van der Waals surface area contributed by atoms with E-state index >= 15 is 0 Å². The Morgan fingerprint density at radius 2 is 0.818 bits per heavy atom. The fourth-order valence-corrected chi connectivity index (χ4v) is 4.43. The number of carbonyl (C=O) groups is 4. The van der Waals surface area contributed by atoms with E-state index in [9.17, 15) is 19.2 Å². The van der Waals surface area contributed by atoms with E-state index < -0.39 is 11.9 Å². The number of esters is 2. The number of hydrogen-bond donors (Lipinski definition) is 0. The van der Waals surface area contributed by atoms with Gasteiger partial charge in [0.25, 0.3) is 11.8 Å². The van der Waals surface area contributed by atoms with Crippen LogP contribution >= 0.6 is 0 Å². The molecule has 2 aromatic rings. The first kappa shape index (κ1) is 34.6. The molecule has 0 aromatic heterocycles. The van der Waals surface area contributed by atoms with Crippen molar-refractivity contribution in [3.05, 3.63) is 70.8 Å². The number of amides is 2. The third kappa shape index (κ3) is 10.7. The van der Waals surface area contributed by atoms with Crippen LogP contribution in [-0.2, 0) is 28.4 Å². The number of rotatable bonds is 6. The van der Waals surface area contributed by atoms with Crippen LogP contribution in [-0.4, -0.2) is 126 Å². The van der Waals surface area contributed by atoms with Gasteiger partial charge in [0.05, 0.1) is 88.3 Å². The first-order valence-electron chi connectivity index (χ1n) is 14.9. The lowest BCUT2D eigenvalue weighted by Crippen LogP contribution is -2.38. The molecular weight excluding hydrogens is 572 g/mol. The maximum atomic E-state index is 13.4. The molecule has 1 aliphatic rings. The van der Waals surface area contributed by atoms with Crippen LogP contribution in [0.4, 0.5) is 0 Å². The van der Waals surface area contributed by atoms with Crippen molar-refractivity contribution in [2.45, 2.75) is 13.8 Å². The summed E-state index contributed by atoms with van der Waals surface area (Å²) in [4.78, 5) is 54.9. The number of carbonyl (C=O) groups excluding carboxylic acids is 4. The largest absolute Gasteiger partial charge is 0.462 e. The molecular formula is C32H42N2O10. The second kappa shape index (κ2) is 19.4. The predicted octanol–water partition coefficient (Wildman–Crippen LogP) is 2.70. The molecule has 12 heteroatoms. The van der Waals surface area contributed by atoms with Gasteiger partial charge in [-0.1, -0.05) is 24.3 Å². The van der Waals surface area contributed by atoms with E-state index in [1.54, 1.807) is 72.2 Å². The van der Waals surface area contributed by atoms with Crippen LogP contribution in [0, 0.1) is 0 Å². The highest BCUT2D eigenvalue weighted by molar-refractivity contribution is 6.06. The lowest BCUT2D eigenvalue weighted by atomic mass is 10.1. The van der Waals surface area contributed by atoms with Crippen molar-refractivity contribution in [1.82, 2.24) is 9.80 Å². The summed E-state index contributed by atoms with van der Waals surface area (Å²) < 4.78 is 33.1. The molecule has 1 heterocycles. The van der Waals surface area contributed by atoms with Crippen LogP contribution in [0.2, 0.25) is 0 Å². The molecule has 1 aliphatic heterocycles. The van der Waals surface area contributed by atoms with Gasteiger partial charge in [0.1, 0.15) is 0 Å². The summed E-state index contributed by atoms with van der Waals surface area (Å²) in [5.41, 5.74) is 0.922. The highest BCUT2D eigenvalue weighted by Crippen LogP contribution is 2.15. The summed E-state index contributed by atoms with van der Waals surface area (Å²) in [5.74, 6) is -1.75. The van der Waals surface area contributed by atoms with E-state index in [0.717, 1.165) is 0 Å². The Kier molecular flexibility index (Phi) is 15.3. The molecule has 12 nitrogen and oxygen atoms in total. The third-order valence-electron chi connectivity index (χ3n) is 6.65. The Balaban J connectivity index is 1.60. The molecule has 0 spiro atoms. The van der Waals surface area contributed by atoms with Gasteiger partial charge in [-0.05, 0) is 38.1 Å². The second-order valence-electron chi connectivity index (χ2n) is 9.57. The highest BCUT2D eigenvalue weighted by atomic mass is 16.5. The number of nitrogens with zero attached hydrogens (tertiary/aromatic N) is 2. The summed E-state index contributed by atoms with van der Waals surface area (Å²) in [6.07, 6.45) is 0. The van der Waals surface area contributed by atoms with Crippen molar-refractivity contribution in [1.29, 1.82) is 0 Å². The van der Waals surface area contributed by atoms with Gasteiger partial charge in [-0.25, -0.2) is 9.59 Å². The number of hydrogen-bond acceptors (Lipinski definition) is 10. The Morgan fingerprint density at radius 3 is 1.11 bits per heavy atom. The number of benzene rings is 2. The second-order valence-corrected chi connectivity index (χ2v) is 9.57. The SMILES string of the molecule is CCOC(=O)c1ccccc1C(=O)N1CCOCCOCCN(C(=O)c2ccccc2C(=O)OCC)CCOCCOCC1. The molecule has 0 radical (unpaired) electrons. The fraction of sp³-hybridized carbons (Fsp3) is 0.500. The summed E-state index contributed by atoms with van der Waals surface area (Å²) in [5, 5.41) is 0. The van der Waals surface area contributed by atoms with Gasteiger partial charge in [0.2, 0.25) is 0 Å². The first-order chi connectivity index (χ1) is 21.5. The topological polar surface area (TPSA) is 130 Å². The maximum absolute atomic E-state index is 13.4. The Bertz CT molecular complexity index is 1110. The van der Waals surface area contributed by atoms with Crippen LogP contribution in [0.3, 0.4) is 0 Å². The van der Waals surface area contributed by atoms with E-state index in [4.69, 9.17) is 28.4 Å². The van der Waals surface area contributed by atoms with E-state index in [-0.39, 0.29) is 126 Å². The van der Waals surface area contributed by atoms with Crippen molar-refractivity contribution in [2.24, 2.45) is 0 Å². The van der Waals surface area contributed by atoms with Gasteiger partial charge in [0, 0.05) is 26.2 Å². The molecule has 1 fully saturated rings. The average Bonchev–Trinajstić information content (AvgIpc) is 3.04. The predicted molar refractivity (Wildman–Crippen MR) is 160 cm³/mol. The zero-order chi connectivity index (χ0) is 31.6. The van der Waals surface area contributed by atoms with E-state index in [1.165, 1.54) is 0 Å². The Hall–Kier alpha value is -3.84. The summed E-state index contributed by atoms with van der Waals surface area (Å²) in [6, 6.07) is 13.1. The molecule has 1 saturated heterocycles. The average molecular weight is 615 g/mol. The van der Waals surface area contributed by atoms with Crippen LogP contribution < -0.4 is 0 Å². The van der Waals surface area contributed by atoms with E-state index in [1.807, 2.05) is 0 Å². The van der Waals surface area contributed by atoms with Crippen molar-refractivity contribution >= 4 is 23.8 Å². The summed E-state index contributed by atoms with van der Waals surface area (Å²) in [6.45, 7) is 7.03. The van der Waals surface area contributed by atoms with Crippen molar-refractivity contribution < 1.29 is 47.6 Å². The lowest BCUT2D eigenvalue weighted by Gasteiger charge is -2.25. The number of ether oxygens (including phenoxy) is 6. The quantitative estimate of drug-likeness (QED) is 0.448. The zero-order valence-corrected chi connectivity index (χ0v) is 25.5. The molecule has 0 unspecified atom stereocenters. The molecule has 2 amide bonds. The normalized spacial score (nSPS) is 16.3. The van der Waals surface area contributed by atoms with Crippen molar-refractivity contribution in [3.8, 4) is 0 Å². The third-order valence-corrected chi connectivity index (χ3v) is 6.65. The van der Waals surface area contributed by atoms with Gasteiger partial charge in [-0.2, -0.15) is 0 Å². The first-order valence-corrected chi connectivity index (χ1v) is 14.9. The van der Waals surface area contributed by atoms with Gasteiger partial charge in [-0.15, -0.1) is 0 Å². The van der Waals surface area contributed by atoms with E-state index in [0.29, 0.717) is 0 Å². The molecule has 0 atom stereocenters. The molecule has 0 saturated carbocycles. The molecule has 3 rings (SSSR count). The van der Waals surface area contributed by atoms with Crippen molar-refractivity contribution in [2.75, 3.05) is 92.2 Å². The minimum absolute atomic E-state index is 0.203. The maximum Gasteiger partial charge on any atom is 0.338 e. The monoisotopic (exact) mass is 614 g/mol. The lowest BCUT2D eigenvalue weighted by molar-refractivity contribution is 0.00880. The van der Waals surface area contributed by atoms with Crippen LogP contribution in [0.5, 0.6) is 0 Å². The minimum Gasteiger partial charge on any atom is -0.462 e. The van der Waals surface area contributed by atoms with Crippen LogP contribution in [0.15, 0.2) is 48.5 Å². The van der Waals surface area contributed by atoms with Gasteiger partial charge < -0.3 is 38.2 Å². The summed E-state index contributed by atoms with van der Waals surface area (Å²) in [7, 11) is 0. The smallest absolute Gasteiger partial charge is 0.338 e. The minimum atomic E-state index is -0.553. The molecule has 240 valence electrons. The van der Waals surface area contributed by atoms with Gasteiger partial charge in [-0.3, -0.25) is 9.59 Å². The fourth-order valence-electron chi connectivity index (χ4n) is 4.43. The van der Waals surface area contributed by atoms with E-state index in [2.05, 4.69) is 0 Å². The zero-order valence-electron chi connectivity index (χ0n) is 25.5. The standard InChI is InChI=1S/C32H42N2O10/c1-3-43-31(37)27-11-7-5-9-25(27)29(35)33-13-17-39-21-23-41-19-15-34(16-20-42-24-22-40-18-14-33)30(36)26-10-6-8-12-28(26)32(38)44-4-2/h5-12H,3-4,13-24H2,1-2H3. The van der Waals surface area contributed by atoms with Gasteiger partial charge in [0.15, 0.2) is 0 Å². The highest BCUT2D eigenvalue weighted by Gasteiger charge is 2.24. The van der Waals surface area contributed by atoms with Crippen LogP contribution in [0.1, 0.15) is 55.3 Å². The Labute approximate surface area is 258 Å². The molecule has 44 heavy (non-hydrogen) atoms.